The Balaban J connectivity index is 1.48. The van der Waals surface area contributed by atoms with Crippen molar-refractivity contribution in [2.45, 2.75) is 9.96 Å². The molecule has 31 heavy (non-hydrogen) atoms. The van der Waals surface area contributed by atoms with Crippen molar-refractivity contribution in [2.24, 2.45) is 0 Å². The molecule has 0 spiro atoms. The zero-order valence-electron chi connectivity index (χ0n) is 16.5. The molecular weight excluding hydrogens is 495 g/mol. The van der Waals surface area contributed by atoms with E-state index in [1.165, 1.54) is 22.7 Å². The Bertz CT molecular complexity index is 1140. The highest BCUT2D eigenvalue weighted by Gasteiger charge is 2.22. The molecule has 3 aromatic rings. The number of benzene rings is 2. The molecule has 164 valence electrons. The lowest BCUT2D eigenvalue weighted by Crippen LogP contribution is -2.27. The van der Waals surface area contributed by atoms with Gasteiger partial charge in [-0.3, -0.25) is 9.10 Å². The minimum Gasteiger partial charge on any atom is -0.351 e. The molecule has 1 aromatic heterocycles. The second-order valence-corrected chi connectivity index (χ2v) is 11.6. The van der Waals surface area contributed by atoms with Crippen molar-refractivity contribution in [1.29, 1.82) is 0 Å². The van der Waals surface area contributed by atoms with Gasteiger partial charge in [-0.25, -0.2) is 8.42 Å². The maximum absolute atomic E-state index is 12.6. The lowest BCUT2D eigenvalue weighted by molar-refractivity contribution is 0.0956. The van der Waals surface area contributed by atoms with Crippen LogP contribution in [0.1, 0.15) is 15.9 Å². The van der Waals surface area contributed by atoms with E-state index in [4.69, 9.17) is 23.2 Å². The fourth-order valence-electron chi connectivity index (χ4n) is 2.66. The Morgan fingerprint density at radius 3 is 2.48 bits per heavy atom. The Kier molecular flexibility index (Phi) is 8.30. The van der Waals surface area contributed by atoms with Gasteiger partial charge in [0.15, 0.2) is 0 Å². The number of thiophene rings is 1. The number of carbonyl (C=O) groups excluding carboxylic acids is 1. The van der Waals surface area contributed by atoms with E-state index in [1.54, 1.807) is 59.6 Å². The zero-order chi connectivity index (χ0) is 22.4. The molecule has 2 aromatic carbocycles. The molecule has 0 radical (unpaired) electrons. The Morgan fingerprint density at radius 1 is 1.10 bits per heavy atom. The topological polar surface area (TPSA) is 66.5 Å². The van der Waals surface area contributed by atoms with Crippen LogP contribution >= 0.6 is 46.3 Å². The molecule has 0 unspecified atom stereocenters. The highest BCUT2D eigenvalue weighted by atomic mass is 35.5. The summed E-state index contributed by atoms with van der Waals surface area (Å²) < 4.78 is 26.7. The Morgan fingerprint density at radius 2 is 1.84 bits per heavy atom. The largest absolute Gasteiger partial charge is 0.351 e. The first-order valence-corrected chi connectivity index (χ1v) is 13.4. The van der Waals surface area contributed by atoms with Crippen LogP contribution in [0.25, 0.3) is 0 Å². The fraction of sp³-hybridized carbons (Fsp3) is 0.190. The van der Waals surface area contributed by atoms with E-state index >= 15 is 0 Å². The molecule has 0 saturated heterocycles. The summed E-state index contributed by atoms with van der Waals surface area (Å²) in [6.45, 7) is 0.513. The maximum Gasteiger partial charge on any atom is 0.273 e. The van der Waals surface area contributed by atoms with Crippen LogP contribution in [0.4, 0.5) is 5.69 Å². The smallest absolute Gasteiger partial charge is 0.273 e. The molecule has 0 aliphatic carbocycles. The van der Waals surface area contributed by atoms with E-state index < -0.39 is 10.0 Å². The summed E-state index contributed by atoms with van der Waals surface area (Å²) in [6, 6.07) is 15.3. The molecule has 3 rings (SSSR count). The molecule has 5 nitrogen and oxygen atoms in total. The van der Waals surface area contributed by atoms with Crippen molar-refractivity contribution in [2.75, 3.05) is 23.7 Å². The zero-order valence-corrected chi connectivity index (χ0v) is 20.5. The van der Waals surface area contributed by atoms with Gasteiger partial charge in [-0.1, -0.05) is 35.3 Å². The average Bonchev–Trinajstić information content (AvgIpc) is 3.31. The van der Waals surface area contributed by atoms with Crippen LogP contribution in [0.2, 0.25) is 10.0 Å². The summed E-state index contributed by atoms with van der Waals surface area (Å²) >= 11 is 14.8. The summed E-state index contributed by atoms with van der Waals surface area (Å²) in [5, 5.41) is 5.65. The number of rotatable bonds is 9. The third kappa shape index (κ3) is 6.17. The van der Waals surface area contributed by atoms with Crippen LogP contribution in [0, 0.1) is 0 Å². The third-order valence-electron chi connectivity index (χ3n) is 4.39. The van der Waals surface area contributed by atoms with Crippen molar-refractivity contribution in [1.82, 2.24) is 5.32 Å². The molecule has 0 atom stereocenters. The third-order valence-corrected chi connectivity index (χ3v) is 9.32. The number of anilines is 1. The van der Waals surface area contributed by atoms with Crippen molar-refractivity contribution < 1.29 is 13.2 Å². The highest BCUT2D eigenvalue weighted by molar-refractivity contribution is 7.98. The van der Waals surface area contributed by atoms with Crippen molar-refractivity contribution in [3.05, 3.63) is 81.1 Å². The van der Waals surface area contributed by atoms with Gasteiger partial charge in [0, 0.05) is 30.7 Å². The van der Waals surface area contributed by atoms with E-state index in [2.05, 4.69) is 5.32 Å². The van der Waals surface area contributed by atoms with Gasteiger partial charge in [0.2, 0.25) is 0 Å². The molecular formula is C21H20Cl2N2O3S3. The molecule has 1 N–H and O–H groups in total. The lowest BCUT2D eigenvalue weighted by atomic mass is 10.2. The fourth-order valence-corrected chi connectivity index (χ4v) is 6.15. The summed E-state index contributed by atoms with van der Waals surface area (Å²) in [5.74, 6) is 1.31. The maximum atomic E-state index is 12.6. The average molecular weight is 516 g/mol. The predicted molar refractivity (Wildman–Crippen MR) is 131 cm³/mol. The van der Waals surface area contributed by atoms with Crippen molar-refractivity contribution in [3.63, 3.8) is 0 Å². The van der Waals surface area contributed by atoms with Gasteiger partial charge in [0.05, 0.1) is 15.7 Å². The summed E-state index contributed by atoms with van der Waals surface area (Å²) in [7, 11) is -2.10. The number of hydrogen-bond acceptors (Lipinski definition) is 5. The number of hydrogen-bond donors (Lipinski definition) is 1. The normalized spacial score (nSPS) is 11.3. The second kappa shape index (κ2) is 10.7. The van der Waals surface area contributed by atoms with Gasteiger partial charge in [-0.05, 0) is 53.4 Å². The number of amides is 1. The second-order valence-electron chi connectivity index (χ2n) is 6.51. The van der Waals surface area contributed by atoms with Crippen LogP contribution in [0.5, 0.6) is 0 Å². The van der Waals surface area contributed by atoms with Gasteiger partial charge in [0.1, 0.15) is 4.21 Å². The van der Waals surface area contributed by atoms with Gasteiger partial charge >= 0.3 is 0 Å². The Labute approximate surface area is 200 Å². The van der Waals surface area contributed by atoms with E-state index in [0.29, 0.717) is 27.8 Å². The molecule has 1 heterocycles. The number of thioether (sulfide) groups is 1. The molecule has 10 heteroatoms. The first kappa shape index (κ1) is 23.9. The van der Waals surface area contributed by atoms with E-state index in [0.717, 1.165) is 17.1 Å². The molecule has 1 amide bonds. The number of nitrogens with one attached hydrogen (secondary N) is 1. The number of halogens is 2. The minimum absolute atomic E-state index is 0.203. The van der Waals surface area contributed by atoms with E-state index in [1.807, 2.05) is 12.1 Å². The van der Waals surface area contributed by atoms with Gasteiger partial charge < -0.3 is 5.32 Å². The molecule has 0 saturated carbocycles. The number of sulfonamides is 1. The molecule has 0 bridgehead atoms. The summed E-state index contributed by atoms with van der Waals surface area (Å²) in [6.07, 6.45) is 0. The number of carbonyl (C=O) groups is 1. The lowest BCUT2D eigenvalue weighted by Gasteiger charge is -2.18. The standard InChI is InChI=1S/C21H20Cl2N2O3S3/c1-25(31(27,28)20-3-2-11-30-20)17-7-5-16(6-8-17)21(26)24-10-12-29-14-15-4-9-18(22)19(23)13-15/h2-9,11,13H,10,12,14H2,1H3,(H,24,26). The molecule has 0 aliphatic rings. The summed E-state index contributed by atoms with van der Waals surface area (Å²) in [5.41, 5.74) is 2.03. The number of nitrogens with zero attached hydrogens (tertiary/aromatic N) is 1. The van der Waals surface area contributed by atoms with Crippen molar-refractivity contribution in [3.8, 4) is 0 Å². The Hall–Kier alpha value is -1.71. The first-order valence-electron chi connectivity index (χ1n) is 9.21. The molecule has 0 aliphatic heterocycles. The first-order chi connectivity index (χ1) is 14.8. The van der Waals surface area contributed by atoms with Crippen molar-refractivity contribution >= 4 is 67.9 Å². The van der Waals surface area contributed by atoms with Crippen LogP contribution in [-0.4, -0.2) is 33.7 Å². The van der Waals surface area contributed by atoms with E-state index in [9.17, 15) is 13.2 Å². The van der Waals surface area contributed by atoms with Crippen LogP contribution < -0.4 is 9.62 Å². The van der Waals surface area contributed by atoms with Gasteiger partial charge in [-0.2, -0.15) is 11.8 Å². The SMILES string of the molecule is CN(c1ccc(C(=O)NCCSCc2ccc(Cl)c(Cl)c2)cc1)S(=O)(=O)c1cccs1. The highest BCUT2D eigenvalue weighted by Crippen LogP contribution is 2.26. The quantitative estimate of drug-likeness (QED) is 0.380. The minimum atomic E-state index is -3.60. The monoisotopic (exact) mass is 514 g/mol. The van der Waals surface area contributed by atoms with Crippen LogP contribution in [0.15, 0.2) is 64.2 Å². The van der Waals surface area contributed by atoms with Gasteiger partial charge in [-0.15, -0.1) is 11.3 Å². The van der Waals surface area contributed by atoms with Crippen LogP contribution in [-0.2, 0) is 15.8 Å². The van der Waals surface area contributed by atoms with Gasteiger partial charge in [0.25, 0.3) is 15.9 Å². The molecule has 0 fully saturated rings. The predicted octanol–water partition coefficient (Wildman–Crippen LogP) is 5.54. The van der Waals surface area contributed by atoms with E-state index in [-0.39, 0.29) is 10.1 Å². The van der Waals surface area contributed by atoms with Crippen LogP contribution in [0.3, 0.4) is 0 Å². The summed E-state index contributed by atoms with van der Waals surface area (Å²) in [4.78, 5) is 12.3.